The van der Waals surface area contributed by atoms with E-state index < -0.39 is 18.4 Å². The highest BCUT2D eigenvalue weighted by Crippen LogP contribution is 2.22. The molecule has 0 saturated carbocycles. The number of carbonyl (C=O) groups is 2. The van der Waals surface area contributed by atoms with Crippen LogP contribution in [0.25, 0.3) is 0 Å². The predicted molar refractivity (Wildman–Crippen MR) is 139 cm³/mol. The van der Waals surface area contributed by atoms with Crippen molar-refractivity contribution in [2.75, 3.05) is 32.1 Å². The molecule has 0 bridgehead atoms. The van der Waals surface area contributed by atoms with Crippen LogP contribution in [0, 0.1) is 13.8 Å². The topological polar surface area (TPSA) is 96.9 Å². The van der Waals surface area contributed by atoms with Gasteiger partial charge in [-0.2, -0.15) is 9.97 Å². The molecular formula is C27H38FN5O4. The van der Waals surface area contributed by atoms with E-state index in [0.717, 1.165) is 38.0 Å². The van der Waals surface area contributed by atoms with E-state index in [1.165, 1.54) is 0 Å². The number of benzene rings is 1. The Kier molecular flexibility index (Phi) is 9.42. The first kappa shape index (κ1) is 28.3. The number of anilines is 1. The second kappa shape index (κ2) is 12.3. The molecule has 3 rings (SSSR count). The van der Waals surface area contributed by atoms with Crippen LogP contribution in [-0.2, 0) is 22.8 Å². The summed E-state index contributed by atoms with van der Waals surface area (Å²) < 4.78 is 23.8. The molecule has 0 aliphatic carbocycles. The summed E-state index contributed by atoms with van der Waals surface area (Å²) in [5, 5.41) is 2.68. The van der Waals surface area contributed by atoms with Crippen molar-refractivity contribution in [1.29, 1.82) is 0 Å². The number of hydrogen-bond acceptors (Lipinski definition) is 7. The van der Waals surface area contributed by atoms with Crippen molar-refractivity contribution in [3.63, 3.8) is 0 Å². The van der Waals surface area contributed by atoms with E-state index in [2.05, 4.69) is 20.2 Å². The first-order valence-electron chi connectivity index (χ1n) is 12.5. The highest BCUT2D eigenvalue weighted by molar-refractivity contribution is 5.86. The maximum Gasteiger partial charge on any atom is 0.412 e. The molecule has 0 radical (unpaired) electrons. The van der Waals surface area contributed by atoms with Crippen LogP contribution in [0.5, 0.6) is 6.01 Å². The van der Waals surface area contributed by atoms with E-state index in [0.29, 0.717) is 22.6 Å². The van der Waals surface area contributed by atoms with Crippen molar-refractivity contribution in [3.05, 3.63) is 46.8 Å². The summed E-state index contributed by atoms with van der Waals surface area (Å²) in [6, 6.07) is 7.81. The molecule has 1 fully saturated rings. The third kappa shape index (κ3) is 8.38. The zero-order valence-electron chi connectivity index (χ0n) is 22.6. The predicted octanol–water partition coefficient (Wildman–Crippen LogP) is 4.41. The molecule has 0 atom stereocenters. The van der Waals surface area contributed by atoms with Gasteiger partial charge in [0.05, 0.1) is 17.1 Å². The third-order valence-electron chi connectivity index (χ3n) is 6.25. The molecule has 2 aromatic rings. The number of alkyl halides is 1. The Morgan fingerprint density at radius 3 is 2.35 bits per heavy atom. The van der Waals surface area contributed by atoms with E-state index in [1.54, 1.807) is 52.6 Å². The molecule has 2 amide bonds. The quantitative estimate of drug-likeness (QED) is 0.556. The molecule has 2 heterocycles. The minimum absolute atomic E-state index is 0.0804. The van der Waals surface area contributed by atoms with Crippen LogP contribution in [-0.4, -0.2) is 70.2 Å². The fraction of sp³-hybridized carbons (Fsp3) is 0.556. The number of aromatic nitrogens is 2. The summed E-state index contributed by atoms with van der Waals surface area (Å²) in [5.74, 6) is -0.149. The first-order chi connectivity index (χ1) is 17.4. The van der Waals surface area contributed by atoms with E-state index in [-0.39, 0.29) is 24.6 Å². The molecule has 37 heavy (non-hydrogen) atoms. The van der Waals surface area contributed by atoms with Crippen molar-refractivity contribution in [1.82, 2.24) is 19.8 Å². The van der Waals surface area contributed by atoms with Gasteiger partial charge in [0, 0.05) is 32.7 Å². The minimum Gasteiger partial charge on any atom is -0.453 e. The van der Waals surface area contributed by atoms with Gasteiger partial charge in [0.15, 0.2) is 6.61 Å². The van der Waals surface area contributed by atoms with E-state index in [9.17, 15) is 14.0 Å². The lowest BCUT2D eigenvalue weighted by Gasteiger charge is -2.36. The fourth-order valence-electron chi connectivity index (χ4n) is 4.30. The fourth-order valence-corrected chi connectivity index (χ4v) is 4.30. The van der Waals surface area contributed by atoms with Gasteiger partial charge < -0.3 is 14.4 Å². The van der Waals surface area contributed by atoms with Crippen molar-refractivity contribution >= 4 is 17.7 Å². The summed E-state index contributed by atoms with van der Waals surface area (Å²) in [5.41, 5.74) is 2.65. The monoisotopic (exact) mass is 515 g/mol. The summed E-state index contributed by atoms with van der Waals surface area (Å²) >= 11 is 0. The van der Waals surface area contributed by atoms with Crippen molar-refractivity contribution in [2.45, 2.75) is 72.3 Å². The smallest absolute Gasteiger partial charge is 0.412 e. The van der Waals surface area contributed by atoms with E-state index in [4.69, 9.17) is 9.47 Å². The Morgan fingerprint density at radius 1 is 1.14 bits per heavy atom. The number of hydrogen-bond donors (Lipinski definition) is 1. The van der Waals surface area contributed by atoms with Crippen molar-refractivity contribution in [2.24, 2.45) is 0 Å². The average molecular weight is 516 g/mol. The maximum atomic E-state index is 12.9. The highest BCUT2D eigenvalue weighted by atomic mass is 19.1. The molecule has 1 N–H and O–H groups in total. The van der Waals surface area contributed by atoms with Gasteiger partial charge in [-0.25, -0.2) is 9.18 Å². The van der Waals surface area contributed by atoms with Gasteiger partial charge >= 0.3 is 12.1 Å². The van der Waals surface area contributed by atoms with Crippen LogP contribution < -0.4 is 10.1 Å². The van der Waals surface area contributed by atoms with Crippen LogP contribution in [0.2, 0.25) is 0 Å². The number of aryl methyl sites for hydroxylation is 2. The molecular weight excluding hydrogens is 477 g/mol. The Bertz CT molecular complexity index is 1070. The molecule has 9 nitrogen and oxygen atoms in total. The summed E-state index contributed by atoms with van der Waals surface area (Å²) in [6.07, 6.45) is 1.11. The third-order valence-corrected chi connectivity index (χ3v) is 6.25. The Morgan fingerprint density at radius 2 is 1.76 bits per heavy atom. The summed E-state index contributed by atoms with van der Waals surface area (Å²) in [4.78, 5) is 37.5. The number of likely N-dealkylation sites (tertiary alicyclic amines) is 1. The summed E-state index contributed by atoms with van der Waals surface area (Å²) in [7, 11) is 1.79. The van der Waals surface area contributed by atoms with E-state index in [1.807, 2.05) is 18.2 Å². The largest absolute Gasteiger partial charge is 0.453 e. The van der Waals surface area contributed by atoms with Gasteiger partial charge in [-0.15, -0.1) is 0 Å². The van der Waals surface area contributed by atoms with Gasteiger partial charge in [0.1, 0.15) is 12.3 Å². The molecule has 0 unspecified atom stereocenters. The van der Waals surface area contributed by atoms with Crippen LogP contribution in [0.15, 0.2) is 24.3 Å². The number of likely N-dealkylation sites (N-methyl/N-ethyl adjacent to an activating group) is 1. The highest BCUT2D eigenvalue weighted by Gasteiger charge is 2.26. The SMILES string of the molecule is Cc1nc(OCC(=O)N(C)C2CCN(Cc3cccc(CF)c3)CC2)nc(C)c1NC(=O)OC(C)(C)C. The number of ether oxygens (including phenoxy) is 2. The molecule has 202 valence electrons. The van der Waals surface area contributed by atoms with Gasteiger partial charge in [-0.3, -0.25) is 15.0 Å². The summed E-state index contributed by atoms with van der Waals surface area (Å²) in [6.45, 7) is 10.7. The normalized spacial score (nSPS) is 14.8. The molecule has 1 aliphatic heterocycles. The van der Waals surface area contributed by atoms with Crippen molar-refractivity contribution in [3.8, 4) is 6.01 Å². The Labute approximate surface area is 218 Å². The minimum atomic E-state index is -0.624. The van der Waals surface area contributed by atoms with Crippen LogP contribution in [0.1, 0.15) is 56.1 Å². The first-order valence-corrected chi connectivity index (χ1v) is 12.5. The Balaban J connectivity index is 1.48. The lowest BCUT2D eigenvalue weighted by molar-refractivity contribution is -0.135. The lowest BCUT2D eigenvalue weighted by Crippen LogP contribution is -2.46. The standard InChI is InChI=1S/C27H38FN5O4/c1-18-24(31-26(35)37-27(3,4)5)19(2)30-25(29-18)36-17-23(34)32(6)22-10-12-33(13-11-22)16-21-9-7-8-20(14-21)15-28/h7-9,14,22H,10-13,15-17H2,1-6H3,(H,31,35). The van der Waals surface area contributed by atoms with Gasteiger partial charge in [0.25, 0.3) is 5.91 Å². The zero-order valence-corrected chi connectivity index (χ0v) is 22.6. The molecule has 0 spiro atoms. The second-order valence-electron chi connectivity index (χ2n) is 10.4. The number of halogens is 1. The van der Waals surface area contributed by atoms with Gasteiger partial charge in [-0.05, 0) is 58.6 Å². The average Bonchev–Trinajstić information content (AvgIpc) is 2.84. The van der Waals surface area contributed by atoms with Crippen molar-refractivity contribution < 1.29 is 23.5 Å². The number of carbonyl (C=O) groups excluding carboxylic acids is 2. The number of piperidine rings is 1. The molecule has 10 heteroatoms. The maximum absolute atomic E-state index is 12.9. The number of rotatable bonds is 8. The molecule has 1 saturated heterocycles. The molecule has 1 aliphatic rings. The Hall–Kier alpha value is -3.27. The molecule has 1 aromatic carbocycles. The zero-order chi connectivity index (χ0) is 27.2. The van der Waals surface area contributed by atoms with Crippen LogP contribution >= 0.6 is 0 Å². The van der Waals surface area contributed by atoms with E-state index >= 15 is 0 Å². The van der Waals surface area contributed by atoms with Gasteiger partial charge in [-0.1, -0.05) is 24.3 Å². The number of nitrogens with zero attached hydrogens (tertiary/aromatic N) is 4. The lowest BCUT2D eigenvalue weighted by atomic mass is 10.0. The number of amides is 2. The van der Waals surface area contributed by atoms with Gasteiger partial charge in [0.2, 0.25) is 0 Å². The second-order valence-corrected chi connectivity index (χ2v) is 10.4. The van der Waals surface area contributed by atoms with Crippen LogP contribution in [0.4, 0.5) is 14.9 Å². The number of nitrogens with one attached hydrogen (secondary N) is 1. The molecule has 1 aromatic heterocycles. The van der Waals surface area contributed by atoms with Crippen LogP contribution in [0.3, 0.4) is 0 Å².